The number of nitrogens with zero attached hydrogens (tertiary/aromatic N) is 1. The Morgan fingerprint density at radius 2 is 1.81 bits per heavy atom. The first-order valence-corrected chi connectivity index (χ1v) is 7.24. The van der Waals surface area contributed by atoms with Crippen LogP contribution in [0.5, 0.6) is 0 Å². The predicted molar refractivity (Wildman–Crippen MR) is 74.4 cm³/mol. The highest BCUT2D eigenvalue weighted by Gasteiger charge is 2.30. The van der Waals surface area contributed by atoms with Gasteiger partial charge in [-0.05, 0) is 36.5 Å². The Kier molecular flexibility index (Phi) is 4.89. The van der Waals surface area contributed by atoms with E-state index >= 15 is 0 Å². The molecule has 1 aromatic carbocycles. The second kappa shape index (κ2) is 6.48. The Morgan fingerprint density at radius 3 is 2.33 bits per heavy atom. The van der Waals surface area contributed by atoms with Crippen LogP contribution in [0.15, 0.2) is 24.3 Å². The number of benzene rings is 1. The third-order valence-corrected chi connectivity index (χ3v) is 4.19. The Hall–Kier alpha value is -1.54. The first-order valence-electron chi connectivity index (χ1n) is 7.24. The molecule has 0 radical (unpaired) electrons. The van der Waals surface area contributed by atoms with Crippen LogP contribution in [0.25, 0.3) is 0 Å². The van der Waals surface area contributed by atoms with Gasteiger partial charge in [0.25, 0.3) is 0 Å². The molecule has 1 aliphatic rings. The van der Waals surface area contributed by atoms with E-state index in [0.717, 1.165) is 31.4 Å². The number of nitriles is 1. The Bertz CT molecular complexity index is 502. The first-order chi connectivity index (χ1) is 9.91. The third kappa shape index (κ3) is 3.98. The third-order valence-electron chi connectivity index (χ3n) is 4.19. The van der Waals surface area contributed by atoms with E-state index in [2.05, 4.69) is 18.3 Å². The SMILES string of the molecule is CC1CCCCC1NC(C#N)c1ccc(C(F)(F)F)cc1. The van der Waals surface area contributed by atoms with Crippen molar-refractivity contribution in [3.05, 3.63) is 35.4 Å². The molecular formula is C16H19F3N2. The normalized spacial score (nSPS) is 24.3. The molecule has 3 atom stereocenters. The van der Waals surface area contributed by atoms with Gasteiger partial charge in [-0.2, -0.15) is 18.4 Å². The van der Waals surface area contributed by atoms with Crippen LogP contribution in [-0.2, 0) is 6.18 Å². The van der Waals surface area contributed by atoms with E-state index in [1.54, 1.807) is 0 Å². The van der Waals surface area contributed by atoms with Gasteiger partial charge >= 0.3 is 6.18 Å². The zero-order chi connectivity index (χ0) is 15.5. The molecule has 0 aromatic heterocycles. The van der Waals surface area contributed by atoms with Crippen molar-refractivity contribution in [2.45, 2.75) is 50.9 Å². The minimum Gasteiger partial charge on any atom is -0.295 e. The smallest absolute Gasteiger partial charge is 0.295 e. The van der Waals surface area contributed by atoms with E-state index in [1.165, 1.54) is 18.6 Å². The molecule has 3 unspecified atom stereocenters. The molecule has 0 spiro atoms. The van der Waals surface area contributed by atoms with E-state index in [1.807, 2.05) is 0 Å². The van der Waals surface area contributed by atoms with Gasteiger partial charge in [-0.3, -0.25) is 5.32 Å². The molecule has 1 aromatic rings. The van der Waals surface area contributed by atoms with E-state index in [9.17, 15) is 18.4 Å². The van der Waals surface area contributed by atoms with Crippen molar-refractivity contribution in [2.75, 3.05) is 0 Å². The zero-order valence-corrected chi connectivity index (χ0v) is 12.0. The van der Waals surface area contributed by atoms with Gasteiger partial charge in [-0.1, -0.05) is 31.9 Å². The van der Waals surface area contributed by atoms with E-state index < -0.39 is 17.8 Å². The molecule has 2 rings (SSSR count). The lowest BCUT2D eigenvalue weighted by Gasteiger charge is -2.31. The largest absolute Gasteiger partial charge is 0.416 e. The summed E-state index contributed by atoms with van der Waals surface area (Å²) in [5, 5.41) is 12.6. The van der Waals surface area contributed by atoms with Gasteiger partial charge < -0.3 is 0 Å². The molecule has 0 heterocycles. The summed E-state index contributed by atoms with van der Waals surface area (Å²) in [5.74, 6) is 0.490. The molecule has 5 heteroatoms. The van der Waals surface area contributed by atoms with Crippen LogP contribution in [0.3, 0.4) is 0 Å². The van der Waals surface area contributed by atoms with Gasteiger partial charge in [0.15, 0.2) is 0 Å². The summed E-state index contributed by atoms with van der Waals surface area (Å²) in [7, 11) is 0. The number of halogens is 3. The molecular weight excluding hydrogens is 277 g/mol. The van der Waals surface area contributed by atoms with Gasteiger partial charge in [0.2, 0.25) is 0 Å². The maximum absolute atomic E-state index is 12.5. The van der Waals surface area contributed by atoms with Crippen LogP contribution in [0.2, 0.25) is 0 Å². The van der Waals surface area contributed by atoms with Gasteiger partial charge in [0.1, 0.15) is 6.04 Å². The van der Waals surface area contributed by atoms with Gasteiger partial charge in [0.05, 0.1) is 11.6 Å². The summed E-state index contributed by atoms with van der Waals surface area (Å²) in [6.45, 7) is 2.15. The fourth-order valence-corrected chi connectivity index (χ4v) is 2.85. The van der Waals surface area contributed by atoms with Crippen molar-refractivity contribution in [3.63, 3.8) is 0 Å². The van der Waals surface area contributed by atoms with Crippen molar-refractivity contribution < 1.29 is 13.2 Å². The molecule has 1 fully saturated rings. The van der Waals surface area contributed by atoms with Crippen LogP contribution in [0.4, 0.5) is 13.2 Å². The lowest BCUT2D eigenvalue weighted by Crippen LogP contribution is -2.39. The van der Waals surface area contributed by atoms with Crippen molar-refractivity contribution in [2.24, 2.45) is 5.92 Å². The number of hydrogen-bond acceptors (Lipinski definition) is 2. The number of alkyl halides is 3. The zero-order valence-electron chi connectivity index (χ0n) is 12.0. The molecule has 0 bridgehead atoms. The number of hydrogen-bond donors (Lipinski definition) is 1. The van der Waals surface area contributed by atoms with E-state index in [4.69, 9.17) is 0 Å². The fraction of sp³-hybridized carbons (Fsp3) is 0.562. The van der Waals surface area contributed by atoms with Crippen molar-refractivity contribution in [1.82, 2.24) is 5.32 Å². The molecule has 2 nitrogen and oxygen atoms in total. The topological polar surface area (TPSA) is 35.8 Å². The van der Waals surface area contributed by atoms with Crippen molar-refractivity contribution in [1.29, 1.82) is 5.26 Å². The van der Waals surface area contributed by atoms with Gasteiger partial charge in [-0.15, -0.1) is 0 Å². The Labute approximate surface area is 123 Å². The maximum atomic E-state index is 12.5. The second-order valence-electron chi connectivity index (χ2n) is 5.72. The second-order valence-corrected chi connectivity index (χ2v) is 5.72. The minimum atomic E-state index is -4.34. The van der Waals surface area contributed by atoms with E-state index in [-0.39, 0.29) is 6.04 Å². The van der Waals surface area contributed by atoms with Crippen LogP contribution in [0.1, 0.15) is 49.8 Å². The lowest BCUT2D eigenvalue weighted by molar-refractivity contribution is -0.137. The lowest BCUT2D eigenvalue weighted by atomic mass is 9.85. The molecule has 1 saturated carbocycles. The fourth-order valence-electron chi connectivity index (χ4n) is 2.85. The number of rotatable bonds is 3. The average Bonchev–Trinajstić information content (AvgIpc) is 2.46. The summed E-state index contributed by atoms with van der Waals surface area (Å²) in [5.41, 5.74) is -0.0998. The van der Waals surface area contributed by atoms with Gasteiger partial charge in [-0.25, -0.2) is 0 Å². The monoisotopic (exact) mass is 296 g/mol. The molecule has 0 saturated heterocycles. The molecule has 1 aliphatic carbocycles. The summed E-state index contributed by atoms with van der Waals surface area (Å²) in [4.78, 5) is 0. The highest BCUT2D eigenvalue weighted by molar-refractivity contribution is 5.29. The predicted octanol–water partition coefficient (Wildman–Crippen LogP) is 4.44. The van der Waals surface area contributed by atoms with Gasteiger partial charge in [0, 0.05) is 6.04 Å². The van der Waals surface area contributed by atoms with Crippen LogP contribution < -0.4 is 5.32 Å². The molecule has 0 aliphatic heterocycles. The van der Waals surface area contributed by atoms with Crippen molar-refractivity contribution in [3.8, 4) is 6.07 Å². The average molecular weight is 296 g/mol. The Balaban J connectivity index is 2.09. The van der Waals surface area contributed by atoms with Crippen LogP contribution >= 0.6 is 0 Å². The highest BCUT2D eigenvalue weighted by Crippen LogP contribution is 2.30. The number of nitrogens with one attached hydrogen (secondary N) is 1. The molecule has 1 N–H and O–H groups in total. The minimum absolute atomic E-state index is 0.255. The highest BCUT2D eigenvalue weighted by atomic mass is 19.4. The standard InChI is InChI=1S/C16H19F3N2/c1-11-4-2-3-5-14(11)21-15(10-20)12-6-8-13(9-7-12)16(17,18)19/h6-9,11,14-15,21H,2-5H2,1H3. The quantitative estimate of drug-likeness (QED) is 0.895. The summed E-state index contributed by atoms with van der Waals surface area (Å²) in [6, 6.07) is 6.69. The van der Waals surface area contributed by atoms with Crippen LogP contribution in [0, 0.1) is 17.2 Å². The summed E-state index contributed by atoms with van der Waals surface area (Å²) in [6.07, 6.45) is 0.138. The molecule has 114 valence electrons. The first kappa shape index (κ1) is 15.8. The summed E-state index contributed by atoms with van der Waals surface area (Å²) >= 11 is 0. The summed E-state index contributed by atoms with van der Waals surface area (Å²) < 4.78 is 37.6. The Morgan fingerprint density at radius 1 is 1.19 bits per heavy atom. The van der Waals surface area contributed by atoms with E-state index in [0.29, 0.717) is 11.5 Å². The van der Waals surface area contributed by atoms with Crippen LogP contribution in [-0.4, -0.2) is 6.04 Å². The van der Waals surface area contributed by atoms with Crippen molar-refractivity contribution >= 4 is 0 Å². The maximum Gasteiger partial charge on any atom is 0.416 e. The molecule has 21 heavy (non-hydrogen) atoms. The molecule has 0 amide bonds.